The number of carbonyl (C=O) groups is 1. The average Bonchev–Trinajstić information content (AvgIpc) is 2.66. The first-order valence-electron chi connectivity index (χ1n) is 7.59. The van der Waals surface area contributed by atoms with E-state index >= 15 is 0 Å². The third-order valence-corrected chi connectivity index (χ3v) is 3.89. The first kappa shape index (κ1) is 18.0. The van der Waals surface area contributed by atoms with Gasteiger partial charge in [0.25, 0.3) is 11.2 Å². The van der Waals surface area contributed by atoms with Crippen molar-refractivity contribution in [3.8, 4) is 11.5 Å². The Morgan fingerprint density at radius 2 is 2.04 bits per heavy atom. The molecule has 10 nitrogen and oxygen atoms in total. The lowest BCUT2D eigenvalue weighted by Crippen LogP contribution is -2.24. The molecule has 3 N–H and O–H groups in total. The maximum absolute atomic E-state index is 12.5. The zero-order chi connectivity index (χ0) is 19.7. The lowest BCUT2D eigenvalue weighted by Gasteiger charge is -2.11. The van der Waals surface area contributed by atoms with Crippen LogP contribution in [0.2, 0.25) is 0 Å². The summed E-state index contributed by atoms with van der Waals surface area (Å²) in [6.45, 7) is 0. The summed E-state index contributed by atoms with van der Waals surface area (Å²) in [5, 5.41) is 30.7. The number of hydrogen-bond acceptors (Lipinski definition) is 8. The number of aromatic hydroxyl groups is 1. The van der Waals surface area contributed by atoms with Crippen LogP contribution in [-0.4, -0.2) is 38.0 Å². The Hall–Kier alpha value is -3.79. The quantitative estimate of drug-likeness (QED) is 0.346. The minimum atomic E-state index is -1.72. The molecule has 1 atom stereocenters. The van der Waals surface area contributed by atoms with Crippen LogP contribution in [0.1, 0.15) is 22.2 Å². The van der Waals surface area contributed by atoms with Gasteiger partial charge in [-0.2, -0.15) is 0 Å². The molecule has 0 amide bonds. The zero-order valence-electron chi connectivity index (χ0n) is 13.9. The number of fused-ring (bicyclic) bond motifs is 1. The van der Waals surface area contributed by atoms with Crippen LogP contribution in [0.25, 0.3) is 11.0 Å². The number of hydrogen-bond donors (Lipinski definition) is 3. The molecular formula is C17H13N3O7. The molecule has 0 aliphatic rings. The summed E-state index contributed by atoms with van der Waals surface area (Å²) in [6.07, 6.45) is -1.72. The fourth-order valence-electron chi connectivity index (χ4n) is 2.50. The van der Waals surface area contributed by atoms with Gasteiger partial charge in [0, 0.05) is 12.1 Å². The number of ether oxygens (including phenoxy) is 1. The number of aromatic nitrogens is 2. The lowest BCUT2D eigenvalue weighted by atomic mass is 10.0. The number of aliphatic hydroxyl groups is 1. The van der Waals surface area contributed by atoms with Crippen LogP contribution in [0, 0.1) is 10.1 Å². The second-order valence-electron chi connectivity index (χ2n) is 5.57. The molecule has 3 aromatic rings. The number of nitro benzene ring substituents is 1. The second kappa shape index (κ2) is 6.84. The highest BCUT2D eigenvalue weighted by Crippen LogP contribution is 2.29. The first-order chi connectivity index (χ1) is 12.8. The van der Waals surface area contributed by atoms with Gasteiger partial charge >= 0.3 is 0 Å². The van der Waals surface area contributed by atoms with Crippen molar-refractivity contribution in [2.24, 2.45) is 0 Å². The third-order valence-electron chi connectivity index (χ3n) is 3.89. The molecule has 1 heterocycles. The number of benzene rings is 2. The molecule has 0 aliphatic carbocycles. The van der Waals surface area contributed by atoms with Gasteiger partial charge in [-0.3, -0.25) is 19.7 Å². The van der Waals surface area contributed by atoms with E-state index in [9.17, 15) is 29.9 Å². The topological polar surface area (TPSA) is 156 Å². The SMILES string of the molecule is COc1cc([C@H](O)C(=O)c2nc3ccc([N+](=O)[O-])cc3[nH]c2=O)ccc1O. The van der Waals surface area contributed by atoms with E-state index in [1.807, 2.05) is 0 Å². The molecule has 2 aromatic carbocycles. The zero-order valence-corrected chi connectivity index (χ0v) is 13.9. The summed E-state index contributed by atoms with van der Waals surface area (Å²) >= 11 is 0. The number of nitrogens with zero attached hydrogens (tertiary/aromatic N) is 2. The van der Waals surface area contributed by atoms with E-state index in [4.69, 9.17) is 4.74 Å². The molecule has 0 fully saturated rings. The number of nitrogens with one attached hydrogen (secondary N) is 1. The molecule has 0 radical (unpaired) electrons. The smallest absolute Gasteiger partial charge is 0.278 e. The minimum Gasteiger partial charge on any atom is -0.504 e. The van der Waals surface area contributed by atoms with Crippen molar-refractivity contribution < 1.29 is 24.7 Å². The van der Waals surface area contributed by atoms with Crippen LogP contribution in [0.3, 0.4) is 0 Å². The van der Waals surface area contributed by atoms with E-state index in [-0.39, 0.29) is 33.8 Å². The molecule has 10 heteroatoms. The number of methoxy groups -OCH3 is 1. The Morgan fingerprint density at radius 3 is 2.70 bits per heavy atom. The van der Waals surface area contributed by atoms with E-state index in [2.05, 4.69) is 9.97 Å². The van der Waals surface area contributed by atoms with Crippen LogP contribution >= 0.6 is 0 Å². The molecule has 0 saturated carbocycles. The number of H-pyrrole nitrogens is 1. The van der Waals surface area contributed by atoms with Crippen molar-refractivity contribution in [3.05, 3.63) is 68.1 Å². The first-order valence-corrected chi connectivity index (χ1v) is 7.59. The predicted molar refractivity (Wildman–Crippen MR) is 93.0 cm³/mol. The van der Waals surface area contributed by atoms with Crippen molar-refractivity contribution >= 4 is 22.5 Å². The Labute approximate surface area is 150 Å². The van der Waals surface area contributed by atoms with Gasteiger partial charge in [-0.25, -0.2) is 4.98 Å². The molecule has 1 aromatic heterocycles. The predicted octanol–water partition coefficient (Wildman–Crippen LogP) is 1.46. The fourth-order valence-corrected chi connectivity index (χ4v) is 2.50. The van der Waals surface area contributed by atoms with Crippen LogP contribution in [0.4, 0.5) is 5.69 Å². The fraction of sp³-hybridized carbons (Fsp3) is 0.118. The normalized spacial score (nSPS) is 11.9. The van der Waals surface area contributed by atoms with Gasteiger partial charge in [0.1, 0.15) is 6.10 Å². The number of ketones is 1. The maximum atomic E-state index is 12.5. The summed E-state index contributed by atoms with van der Waals surface area (Å²) in [5.41, 5.74) is -1.34. The molecule has 0 spiro atoms. The maximum Gasteiger partial charge on any atom is 0.278 e. The summed E-state index contributed by atoms with van der Waals surface area (Å²) in [5.74, 6) is -1.10. The highest BCUT2D eigenvalue weighted by molar-refractivity contribution is 5.99. The molecule has 27 heavy (non-hydrogen) atoms. The Bertz CT molecular complexity index is 1120. The Balaban J connectivity index is 2.02. The molecule has 3 rings (SSSR count). The van der Waals surface area contributed by atoms with Gasteiger partial charge in [-0.1, -0.05) is 6.07 Å². The van der Waals surface area contributed by atoms with Crippen molar-refractivity contribution in [1.82, 2.24) is 9.97 Å². The van der Waals surface area contributed by atoms with Crippen LogP contribution < -0.4 is 10.3 Å². The Kier molecular flexibility index (Phi) is 4.57. The van der Waals surface area contributed by atoms with E-state index in [1.165, 1.54) is 37.4 Å². The highest BCUT2D eigenvalue weighted by Gasteiger charge is 2.25. The largest absolute Gasteiger partial charge is 0.504 e. The number of carbonyl (C=O) groups excluding carboxylic acids is 1. The van der Waals surface area contributed by atoms with Gasteiger partial charge in [-0.05, 0) is 23.8 Å². The number of aromatic amines is 1. The molecule has 0 saturated heterocycles. The standard InChI is InChI=1S/C17H13N3O7/c1-27-13-6-8(2-5-12(13)21)15(22)16(23)14-17(24)19-11-7-9(20(25)26)3-4-10(11)18-14/h2-7,15,21-22H,1H3,(H,19,24)/t15-/m0/s1. The number of aliphatic hydroxyl groups excluding tert-OH is 1. The minimum absolute atomic E-state index is 0.0482. The highest BCUT2D eigenvalue weighted by atomic mass is 16.6. The van der Waals surface area contributed by atoms with E-state index in [0.29, 0.717) is 0 Å². The van der Waals surface area contributed by atoms with Crippen LogP contribution in [-0.2, 0) is 0 Å². The molecule has 0 bridgehead atoms. The molecule has 0 unspecified atom stereocenters. The summed E-state index contributed by atoms with van der Waals surface area (Å²) in [6, 6.07) is 7.40. The van der Waals surface area contributed by atoms with Crippen LogP contribution in [0.5, 0.6) is 11.5 Å². The molecular weight excluding hydrogens is 358 g/mol. The van der Waals surface area contributed by atoms with E-state index in [1.54, 1.807) is 0 Å². The third kappa shape index (κ3) is 3.33. The van der Waals surface area contributed by atoms with Gasteiger partial charge in [-0.15, -0.1) is 0 Å². The van der Waals surface area contributed by atoms with E-state index in [0.717, 1.165) is 6.07 Å². The van der Waals surface area contributed by atoms with Gasteiger partial charge < -0.3 is 19.9 Å². The molecule has 138 valence electrons. The van der Waals surface area contributed by atoms with Crippen molar-refractivity contribution in [1.29, 1.82) is 0 Å². The van der Waals surface area contributed by atoms with Gasteiger partial charge in [0.15, 0.2) is 17.2 Å². The monoisotopic (exact) mass is 371 g/mol. The van der Waals surface area contributed by atoms with Gasteiger partial charge in [0.2, 0.25) is 5.78 Å². The number of phenolic OH excluding ortho intramolecular Hbond substituents is 1. The summed E-state index contributed by atoms with van der Waals surface area (Å²) < 4.78 is 4.92. The number of nitro groups is 1. The van der Waals surface area contributed by atoms with E-state index < -0.39 is 28.1 Å². The second-order valence-corrected chi connectivity index (χ2v) is 5.57. The molecule has 0 aliphatic heterocycles. The number of non-ortho nitro benzene ring substituents is 1. The van der Waals surface area contributed by atoms with Crippen molar-refractivity contribution in [2.45, 2.75) is 6.10 Å². The summed E-state index contributed by atoms with van der Waals surface area (Å²) in [7, 11) is 1.31. The van der Waals surface area contributed by atoms with Crippen LogP contribution in [0.15, 0.2) is 41.2 Å². The average molecular weight is 371 g/mol. The number of rotatable bonds is 5. The van der Waals surface area contributed by atoms with Gasteiger partial charge in [0.05, 0.1) is 23.1 Å². The number of Topliss-reactive ketones (excluding diaryl/α,β-unsaturated/α-hetero) is 1. The summed E-state index contributed by atoms with van der Waals surface area (Å²) in [4.78, 5) is 41.2. The number of phenols is 1. The van der Waals surface area contributed by atoms with Crippen molar-refractivity contribution in [2.75, 3.05) is 7.11 Å². The Morgan fingerprint density at radius 1 is 1.30 bits per heavy atom. The lowest BCUT2D eigenvalue weighted by molar-refractivity contribution is -0.384. The van der Waals surface area contributed by atoms with Crippen molar-refractivity contribution in [3.63, 3.8) is 0 Å².